The predicted molar refractivity (Wildman–Crippen MR) is 81.8 cm³/mol. The molecule has 0 aliphatic carbocycles. The summed E-state index contributed by atoms with van der Waals surface area (Å²) >= 11 is 0. The van der Waals surface area contributed by atoms with Crippen molar-refractivity contribution < 1.29 is 18.9 Å². The summed E-state index contributed by atoms with van der Waals surface area (Å²) < 4.78 is 5.32. The Morgan fingerprint density at radius 1 is 1.42 bits per heavy atom. The van der Waals surface area contributed by atoms with E-state index in [2.05, 4.69) is 20.8 Å². The first-order valence-corrected chi connectivity index (χ1v) is 8.20. The summed E-state index contributed by atoms with van der Waals surface area (Å²) in [4.78, 5) is 41.2. The van der Waals surface area contributed by atoms with Gasteiger partial charge in [0.15, 0.2) is 5.82 Å². The molecule has 0 saturated carbocycles. The minimum absolute atomic E-state index is 0.0734. The van der Waals surface area contributed by atoms with Crippen LogP contribution in [0.2, 0.25) is 0 Å². The van der Waals surface area contributed by atoms with Gasteiger partial charge in [0.05, 0.1) is 0 Å². The van der Waals surface area contributed by atoms with Crippen LogP contribution in [0, 0.1) is 0 Å². The average Bonchev–Trinajstić information content (AvgIpc) is 3.23. The van der Waals surface area contributed by atoms with Crippen molar-refractivity contribution in [3.63, 3.8) is 0 Å². The molecule has 0 unspecified atom stereocenters. The highest BCUT2D eigenvalue weighted by Crippen LogP contribution is 2.32. The molecule has 2 aliphatic rings. The van der Waals surface area contributed by atoms with Gasteiger partial charge >= 0.3 is 6.03 Å². The van der Waals surface area contributed by atoms with E-state index in [1.165, 1.54) is 0 Å². The molecule has 2 aliphatic heterocycles. The Morgan fingerprint density at radius 3 is 2.83 bits per heavy atom. The third-order valence-corrected chi connectivity index (χ3v) is 4.34. The molecule has 24 heavy (non-hydrogen) atoms. The van der Waals surface area contributed by atoms with Gasteiger partial charge in [0.1, 0.15) is 12.1 Å². The fourth-order valence-electron chi connectivity index (χ4n) is 3.01. The third kappa shape index (κ3) is 3.24. The molecule has 3 rings (SSSR count). The molecule has 130 valence electrons. The maximum absolute atomic E-state index is 12.5. The maximum atomic E-state index is 12.5. The molecule has 1 aromatic rings. The third-order valence-electron chi connectivity index (χ3n) is 4.34. The Bertz CT molecular complexity index is 656. The van der Waals surface area contributed by atoms with Gasteiger partial charge in [-0.2, -0.15) is 4.98 Å². The first-order valence-electron chi connectivity index (χ1n) is 8.20. The predicted octanol–water partition coefficient (Wildman–Crippen LogP) is 0.845. The van der Waals surface area contributed by atoms with Gasteiger partial charge in [-0.1, -0.05) is 19.0 Å². The van der Waals surface area contributed by atoms with E-state index in [1.807, 2.05) is 13.8 Å². The van der Waals surface area contributed by atoms with Crippen molar-refractivity contribution in [3.8, 4) is 0 Å². The Hall–Kier alpha value is -2.45. The van der Waals surface area contributed by atoms with Gasteiger partial charge < -0.3 is 14.7 Å². The molecule has 2 atom stereocenters. The molecule has 0 radical (unpaired) electrons. The Balaban J connectivity index is 1.61. The number of amides is 4. The van der Waals surface area contributed by atoms with Crippen LogP contribution in [0.1, 0.15) is 63.2 Å². The van der Waals surface area contributed by atoms with Crippen LogP contribution in [-0.2, 0) is 9.59 Å². The Kier molecular flexibility index (Phi) is 4.50. The van der Waals surface area contributed by atoms with Crippen molar-refractivity contribution >= 4 is 17.8 Å². The molecule has 3 heterocycles. The van der Waals surface area contributed by atoms with Crippen molar-refractivity contribution in [2.24, 2.45) is 0 Å². The highest BCUT2D eigenvalue weighted by molar-refractivity contribution is 6.04. The van der Waals surface area contributed by atoms with E-state index in [0.717, 1.165) is 12.8 Å². The van der Waals surface area contributed by atoms with Crippen LogP contribution in [0.15, 0.2) is 4.52 Å². The van der Waals surface area contributed by atoms with E-state index < -0.39 is 12.1 Å². The number of imide groups is 1. The second-order valence-electron chi connectivity index (χ2n) is 6.44. The second kappa shape index (κ2) is 6.58. The Morgan fingerprint density at radius 2 is 2.21 bits per heavy atom. The van der Waals surface area contributed by atoms with Crippen LogP contribution in [0.25, 0.3) is 0 Å². The van der Waals surface area contributed by atoms with Crippen LogP contribution < -0.4 is 10.6 Å². The molecule has 0 bridgehead atoms. The molecule has 2 saturated heterocycles. The second-order valence-corrected chi connectivity index (χ2v) is 6.44. The molecule has 0 aromatic carbocycles. The van der Waals surface area contributed by atoms with E-state index in [-0.39, 0.29) is 36.6 Å². The molecule has 2 fully saturated rings. The van der Waals surface area contributed by atoms with Crippen molar-refractivity contribution in [2.45, 2.75) is 57.5 Å². The largest absolute Gasteiger partial charge is 0.337 e. The van der Waals surface area contributed by atoms with Gasteiger partial charge in [-0.15, -0.1) is 0 Å². The van der Waals surface area contributed by atoms with E-state index in [1.54, 1.807) is 4.90 Å². The average molecular weight is 335 g/mol. The van der Waals surface area contributed by atoms with Crippen LogP contribution in [0.5, 0.6) is 0 Å². The zero-order valence-corrected chi connectivity index (χ0v) is 13.7. The van der Waals surface area contributed by atoms with Gasteiger partial charge in [0.25, 0.3) is 5.91 Å². The number of carbonyl (C=O) groups excluding carboxylic acids is 3. The lowest BCUT2D eigenvalue weighted by molar-refractivity contribution is -0.132. The number of aromatic nitrogens is 2. The number of carbonyl (C=O) groups is 3. The van der Waals surface area contributed by atoms with Crippen molar-refractivity contribution in [1.29, 1.82) is 0 Å². The highest BCUT2D eigenvalue weighted by Gasteiger charge is 2.35. The SMILES string of the molecule is CC(C)c1noc([C@@H]2CCCN2C(=O)CC[C@@H]2NC(=O)NC2=O)n1. The van der Waals surface area contributed by atoms with E-state index in [4.69, 9.17) is 4.52 Å². The molecule has 2 N–H and O–H groups in total. The van der Waals surface area contributed by atoms with Gasteiger partial charge in [-0.05, 0) is 19.3 Å². The molecule has 9 nitrogen and oxygen atoms in total. The summed E-state index contributed by atoms with van der Waals surface area (Å²) in [7, 11) is 0. The molecule has 0 spiro atoms. The zero-order valence-electron chi connectivity index (χ0n) is 13.7. The molecule has 1 aromatic heterocycles. The number of hydrogen-bond acceptors (Lipinski definition) is 6. The van der Waals surface area contributed by atoms with Crippen LogP contribution >= 0.6 is 0 Å². The first-order chi connectivity index (χ1) is 11.5. The van der Waals surface area contributed by atoms with Crippen LogP contribution in [-0.4, -0.2) is 45.5 Å². The number of nitrogens with one attached hydrogen (secondary N) is 2. The van der Waals surface area contributed by atoms with Crippen molar-refractivity contribution in [2.75, 3.05) is 6.54 Å². The van der Waals surface area contributed by atoms with Crippen molar-refractivity contribution in [3.05, 3.63) is 11.7 Å². The normalized spacial score (nSPS) is 23.7. The number of rotatable bonds is 5. The number of urea groups is 1. The molecular formula is C15H21N5O4. The number of nitrogens with zero attached hydrogens (tertiary/aromatic N) is 3. The summed E-state index contributed by atoms with van der Waals surface area (Å²) in [5, 5.41) is 8.61. The fourth-order valence-corrected chi connectivity index (χ4v) is 3.01. The van der Waals surface area contributed by atoms with E-state index in [0.29, 0.717) is 18.3 Å². The molecule has 4 amide bonds. The molecular weight excluding hydrogens is 314 g/mol. The lowest BCUT2D eigenvalue weighted by Crippen LogP contribution is -2.34. The number of hydrogen-bond donors (Lipinski definition) is 2. The first kappa shape index (κ1) is 16.4. The monoisotopic (exact) mass is 335 g/mol. The van der Waals surface area contributed by atoms with E-state index in [9.17, 15) is 14.4 Å². The van der Waals surface area contributed by atoms with Gasteiger partial charge in [-0.3, -0.25) is 14.9 Å². The summed E-state index contributed by atoms with van der Waals surface area (Å²) in [6, 6.07) is -1.36. The summed E-state index contributed by atoms with van der Waals surface area (Å²) in [5.74, 6) is 0.809. The smallest absolute Gasteiger partial charge is 0.322 e. The standard InChI is InChI=1S/C15H21N5O4/c1-8(2)12-17-14(24-19-12)10-4-3-7-20(10)11(21)6-5-9-13(22)18-15(23)16-9/h8-10H,3-7H2,1-2H3,(H2,16,18,22,23)/t9-,10-/m0/s1. The highest BCUT2D eigenvalue weighted by atomic mass is 16.5. The Labute approximate surface area is 139 Å². The topological polar surface area (TPSA) is 117 Å². The minimum atomic E-state index is -0.640. The van der Waals surface area contributed by atoms with Gasteiger partial charge in [-0.25, -0.2) is 4.79 Å². The van der Waals surface area contributed by atoms with Crippen LogP contribution in [0.3, 0.4) is 0 Å². The van der Waals surface area contributed by atoms with Crippen molar-refractivity contribution in [1.82, 2.24) is 25.7 Å². The maximum Gasteiger partial charge on any atom is 0.322 e. The van der Waals surface area contributed by atoms with Gasteiger partial charge in [0, 0.05) is 18.9 Å². The fraction of sp³-hybridized carbons (Fsp3) is 0.667. The summed E-state index contributed by atoms with van der Waals surface area (Å²) in [6.07, 6.45) is 2.11. The lowest BCUT2D eigenvalue weighted by Gasteiger charge is -2.22. The minimum Gasteiger partial charge on any atom is -0.337 e. The van der Waals surface area contributed by atoms with Gasteiger partial charge in [0.2, 0.25) is 11.8 Å². The summed E-state index contributed by atoms with van der Waals surface area (Å²) in [6.45, 7) is 4.59. The quantitative estimate of drug-likeness (QED) is 0.770. The number of likely N-dealkylation sites (tertiary alicyclic amines) is 1. The van der Waals surface area contributed by atoms with E-state index >= 15 is 0 Å². The summed E-state index contributed by atoms with van der Waals surface area (Å²) in [5.41, 5.74) is 0. The van der Waals surface area contributed by atoms with Crippen LogP contribution in [0.4, 0.5) is 4.79 Å². The zero-order chi connectivity index (χ0) is 17.3. The molecule has 9 heteroatoms. The lowest BCUT2D eigenvalue weighted by atomic mass is 10.1.